The first kappa shape index (κ1) is 14.3. The van der Waals surface area contributed by atoms with Crippen LogP contribution in [0.4, 0.5) is 0 Å². The van der Waals surface area contributed by atoms with Crippen molar-refractivity contribution in [1.29, 1.82) is 0 Å². The minimum absolute atomic E-state index is 0.322. The molecule has 0 spiro atoms. The molecule has 2 unspecified atom stereocenters. The number of nitrogens with two attached hydrogens (primary N) is 1. The molecule has 2 saturated heterocycles. The van der Waals surface area contributed by atoms with Crippen molar-refractivity contribution in [2.75, 3.05) is 39.3 Å². The van der Waals surface area contributed by atoms with Crippen molar-refractivity contribution in [2.24, 2.45) is 11.1 Å². The maximum atomic E-state index is 6.02. The molecule has 2 atom stereocenters. The average Bonchev–Trinajstić information content (AvgIpc) is 2.69. The summed E-state index contributed by atoms with van der Waals surface area (Å²) < 4.78 is 0. The van der Waals surface area contributed by atoms with Gasteiger partial charge in [0.2, 0.25) is 0 Å². The molecule has 0 aromatic heterocycles. The fourth-order valence-corrected chi connectivity index (χ4v) is 3.82. The van der Waals surface area contributed by atoms with Gasteiger partial charge in [0.25, 0.3) is 0 Å². The van der Waals surface area contributed by atoms with E-state index in [1.807, 2.05) is 0 Å². The Morgan fingerprint density at radius 3 is 2.72 bits per heavy atom. The van der Waals surface area contributed by atoms with Crippen LogP contribution >= 0.6 is 0 Å². The van der Waals surface area contributed by atoms with Gasteiger partial charge in [-0.1, -0.05) is 20.3 Å². The van der Waals surface area contributed by atoms with Crippen molar-refractivity contribution in [1.82, 2.24) is 9.80 Å². The minimum atomic E-state index is 0.322. The lowest BCUT2D eigenvalue weighted by molar-refractivity contribution is 0.146. The van der Waals surface area contributed by atoms with Crippen LogP contribution in [0.1, 0.15) is 46.0 Å². The Labute approximate surface area is 113 Å². The zero-order valence-corrected chi connectivity index (χ0v) is 12.3. The van der Waals surface area contributed by atoms with E-state index in [0.717, 1.165) is 12.6 Å². The predicted octanol–water partition coefficient (Wildman–Crippen LogP) is 1.92. The molecule has 3 nitrogen and oxygen atoms in total. The molecule has 0 radical (unpaired) electrons. The van der Waals surface area contributed by atoms with Gasteiger partial charge in [-0.25, -0.2) is 0 Å². The van der Waals surface area contributed by atoms with Crippen LogP contribution in [0.25, 0.3) is 0 Å². The molecule has 18 heavy (non-hydrogen) atoms. The van der Waals surface area contributed by atoms with Gasteiger partial charge in [0.1, 0.15) is 0 Å². The van der Waals surface area contributed by atoms with Gasteiger partial charge in [-0.2, -0.15) is 0 Å². The van der Waals surface area contributed by atoms with Crippen LogP contribution in [-0.2, 0) is 0 Å². The largest absolute Gasteiger partial charge is 0.330 e. The Kier molecular flexibility index (Phi) is 5.05. The van der Waals surface area contributed by atoms with Gasteiger partial charge in [0, 0.05) is 19.1 Å². The van der Waals surface area contributed by atoms with Gasteiger partial charge in [-0.05, 0) is 57.3 Å². The van der Waals surface area contributed by atoms with Gasteiger partial charge >= 0.3 is 0 Å². The molecule has 2 aliphatic rings. The molecule has 0 aromatic rings. The number of fused-ring (bicyclic) bond motifs is 1. The summed E-state index contributed by atoms with van der Waals surface area (Å²) in [7, 11) is 0. The normalized spacial score (nSPS) is 29.8. The zero-order valence-electron chi connectivity index (χ0n) is 12.3. The molecule has 2 N–H and O–H groups in total. The monoisotopic (exact) mass is 253 g/mol. The van der Waals surface area contributed by atoms with E-state index in [0.29, 0.717) is 5.41 Å². The van der Waals surface area contributed by atoms with Crippen LogP contribution in [-0.4, -0.2) is 55.1 Å². The van der Waals surface area contributed by atoms with E-state index >= 15 is 0 Å². The van der Waals surface area contributed by atoms with E-state index in [1.54, 1.807) is 0 Å². The molecule has 2 fully saturated rings. The number of hydrogen-bond acceptors (Lipinski definition) is 3. The molecule has 0 amide bonds. The molecule has 0 bridgehead atoms. The van der Waals surface area contributed by atoms with E-state index in [1.165, 1.54) is 64.8 Å². The molecule has 0 saturated carbocycles. The Bertz CT molecular complexity index is 256. The second kappa shape index (κ2) is 6.36. The Balaban J connectivity index is 1.91. The average molecular weight is 253 g/mol. The van der Waals surface area contributed by atoms with Crippen LogP contribution in [0.5, 0.6) is 0 Å². The summed E-state index contributed by atoms with van der Waals surface area (Å²) in [5.41, 5.74) is 6.34. The van der Waals surface area contributed by atoms with Crippen LogP contribution in [0, 0.1) is 5.41 Å². The molecule has 2 heterocycles. The highest BCUT2D eigenvalue weighted by atomic mass is 15.3. The highest BCUT2D eigenvalue weighted by Crippen LogP contribution is 2.27. The number of hydrogen-bond donors (Lipinski definition) is 1. The van der Waals surface area contributed by atoms with Gasteiger partial charge in [-0.3, -0.25) is 4.90 Å². The standard InChI is InChI=1S/C15H31N3/c1-3-7-15(2,12-16)13-17-8-5-10-18-9-4-6-14(18)11-17/h14H,3-13,16H2,1-2H3. The van der Waals surface area contributed by atoms with E-state index in [9.17, 15) is 0 Å². The lowest BCUT2D eigenvalue weighted by atomic mass is 9.85. The van der Waals surface area contributed by atoms with Crippen molar-refractivity contribution in [3.8, 4) is 0 Å². The molecular formula is C15H31N3. The molecule has 0 aromatic carbocycles. The van der Waals surface area contributed by atoms with Crippen LogP contribution in [0.3, 0.4) is 0 Å². The first-order valence-electron chi connectivity index (χ1n) is 7.83. The fraction of sp³-hybridized carbons (Fsp3) is 1.00. The SMILES string of the molecule is CCCC(C)(CN)CN1CCCN2CCCC2C1. The highest BCUT2D eigenvalue weighted by molar-refractivity contribution is 4.87. The molecule has 0 aliphatic carbocycles. The summed E-state index contributed by atoms with van der Waals surface area (Å²) in [5, 5.41) is 0. The first-order chi connectivity index (χ1) is 8.67. The van der Waals surface area contributed by atoms with Crippen molar-refractivity contribution >= 4 is 0 Å². The maximum Gasteiger partial charge on any atom is 0.0223 e. The van der Waals surface area contributed by atoms with Crippen molar-refractivity contribution in [2.45, 2.75) is 52.0 Å². The van der Waals surface area contributed by atoms with E-state index in [4.69, 9.17) is 5.73 Å². The molecule has 3 heteroatoms. The summed E-state index contributed by atoms with van der Waals surface area (Å²) in [6.45, 7) is 11.9. The predicted molar refractivity (Wildman–Crippen MR) is 77.7 cm³/mol. The lowest BCUT2D eigenvalue weighted by Crippen LogP contribution is -2.44. The van der Waals surface area contributed by atoms with Crippen molar-refractivity contribution in [3.05, 3.63) is 0 Å². The molecule has 2 rings (SSSR count). The molecule has 106 valence electrons. The second-order valence-electron chi connectivity index (χ2n) is 6.69. The topological polar surface area (TPSA) is 32.5 Å². The zero-order chi connectivity index (χ0) is 13.0. The van der Waals surface area contributed by atoms with Gasteiger partial charge < -0.3 is 10.6 Å². The summed E-state index contributed by atoms with van der Waals surface area (Å²) in [5.74, 6) is 0. The van der Waals surface area contributed by atoms with Crippen LogP contribution in [0.15, 0.2) is 0 Å². The Morgan fingerprint density at radius 2 is 2.00 bits per heavy atom. The summed E-state index contributed by atoms with van der Waals surface area (Å²) in [4.78, 5) is 5.40. The Morgan fingerprint density at radius 1 is 1.22 bits per heavy atom. The van der Waals surface area contributed by atoms with Gasteiger partial charge in [0.15, 0.2) is 0 Å². The quantitative estimate of drug-likeness (QED) is 0.812. The van der Waals surface area contributed by atoms with Crippen LogP contribution in [0.2, 0.25) is 0 Å². The first-order valence-corrected chi connectivity index (χ1v) is 7.83. The van der Waals surface area contributed by atoms with E-state index in [-0.39, 0.29) is 0 Å². The van der Waals surface area contributed by atoms with Gasteiger partial charge in [0.05, 0.1) is 0 Å². The van der Waals surface area contributed by atoms with Crippen molar-refractivity contribution in [3.63, 3.8) is 0 Å². The smallest absolute Gasteiger partial charge is 0.0223 e. The summed E-state index contributed by atoms with van der Waals surface area (Å²) in [6, 6.07) is 0.830. The van der Waals surface area contributed by atoms with E-state index < -0.39 is 0 Å². The minimum Gasteiger partial charge on any atom is -0.330 e. The number of rotatable bonds is 5. The molecular weight excluding hydrogens is 222 g/mol. The fourth-order valence-electron chi connectivity index (χ4n) is 3.82. The summed E-state index contributed by atoms with van der Waals surface area (Å²) in [6.07, 6.45) is 6.65. The van der Waals surface area contributed by atoms with E-state index in [2.05, 4.69) is 23.6 Å². The van der Waals surface area contributed by atoms with Crippen molar-refractivity contribution < 1.29 is 0 Å². The third kappa shape index (κ3) is 3.46. The Hall–Kier alpha value is -0.120. The third-order valence-electron chi connectivity index (χ3n) is 4.84. The maximum absolute atomic E-state index is 6.02. The lowest BCUT2D eigenvalue weighted by Gasteiger charge is -2.35. The van der Waals surface area contributed by atoms with Gasteiger partial charge in [-0.15, -0.1) is 0 Å². The number of nitrogens with zero attached hydrogens (tertiary/aromatic N) is 2. The highest BCUT2D eigenvalue weighted by Gasteiger charge is 2.31. The second-order valence-corrected chi connectivity index (χ2v) is 6.69. The third-order valence-corrected chi connectivity index (χ3v) is 4.84. The summed E-state index contributed by atoms with van der Waals surface area (Å²) >= 11 is 0. The van der Waals surface area contributed by atoms with Crippen LogP contribution < -0.4 is 5.73 Å². The molecule has 2 aliphatic heterocycles.